The summed E-state index contributed by atoms with van der Waals surface area (Å²) in [6.45, 7) is 11.8. The molecule has 5 heteroatoms. The highest BCUT2D eigenvalue weighted by molar-refractivity contribution is 5.53. The lowest BCUT2D eigenvalue weighted by Crippen LogP contribution is -2.57. The van der Waals surface area contributed by atoms with Crippen molar-refractivity contribution in [2.24, 2.45) is 0 Å². The molecule has 3 aliphatic rings. The number of likely N-dealkylation sites (tertiary alicyclic amines) is 1. The fraction of sp³-hybridized carbons (Fsp3) is 0.571. The SMILES string of the molecule is COc1cccc(N2CCC(N3CCC[C@H](N4CCN(c5ccccc5C)CC4)C3)CC2)c1. The molecule has 3 aliphatic heterocycles. The Bertz CT molecular complexity index is 902. The Balaban J connectivity index is 1.12. The van der Waals surface area contributed by atoms with Gasteiger partial charge in [-0.3, -0.25) is 9.80 Å². The van der Waals surface area contributed by atoms with Crippen molar-refractivity contribution < 1.29 is 4.74 Å². The lowest BCUT2D eigenvalue weighted by atomic mass is 9.96. The molecule has 3 heterocycles. The number of methoxy groups -OCH3 is 1. The molecule has 2 aromatic rings. The molecule has 3 saturated heterocycles. The number of ether oxygens (including phenoxy) is 1. The maximum absolute atomic E-state index is 5.43. The third-order valence-corrected chi connectivity index (χ3v) is 8.11. The molecule has 0 aliphatic carbocycles. The summed E-state index contributed by atoms with van der Waals surface area (Å²) in [5.41, 5.74) is 4.12. The van der Waals surface area contributed by atoms with Gasteiger partial charge >= 0.3 is 0 Å². The highest BCUT2D eigenvalue weighted by Crippen LogP contribution is 2.29. The predicted octanol–water partition coefficient (Wildman–Crippen LogP) is 4.26. The Hall–Kier alpha value is -2.24. The van der Waals surface area contributed by atoms with Gasteiger partial charge in [0.15, 0.2) is 0 Å². The molecular weight excluding hydrogens is 408 g/mol. The monoisotopic (exact) mass is 448 g/mol. The summed E-state index contributed by atoms with van der Waals surface area (Å²) in [5.74, 6) is 0.955. The summed E-state index contributed by atoms with van der Waals surface area (Å²) < 4.78 is 5.43. The van der Waals surface area contributed by atoms with Crippen molar-refractivity contribution in [2.75, 3.05) is 69.3 Å². The van der Waals surface area contributed by atoms with Crippen molar-refractivity contribution >= 4 is 11.4 Å². The molecule has 0 spiro atoms. The van der Waals surface area contributed by atoms with Crippen LogP contribution in [-0.4, -0.2) is 81.4 Å². The lowest BCUT2D eigenvalue weighted by molar-refractivity contribution is 0.0595. The summed E-state index contributed by atoms with van der Waals surface area (Å²) in [6, 6.07) is 18.8. The minimum absolute atomic E-state index is 0.731. The molecule has 3 fully saturated rings. The fourth-order valence-corrected chi connectivity index (χ4v) is 6.16. The molecule has 2 aromatic carbocycles. The first-order valence-corrected chi connectivity index (χ1v) is 12.9. The second-order valence-electron chi connectivity index (χ2n) is 10.0. The van der Waals surface area contributed by atoms with Crippen molar-refractivity contribution in [1.29, 1.82) is 0 Å². The van der Waals surface area contributed by atoms with Crippen LogP contribution >= 0.6 is 0 Å². The average molecular weight is 449 g/mol. The van der Waals surface area contributed by atoms with Gasteiger partial charge < -0.3 is 14.5 Å². The van der Waals surface area contributed by atoms with Gasteiger partial charge in [0.25, 0.3) is 0 Å². The van der Waals surface area contributed by atoms with Crippen LogP contribution in [0.3, 0.4) is 0 Å². The molecule has 5 rings (SSSR count). The Kier molecular flexibility index (Phi) is 7.07. The average Bonchev–Trinajstić information content (AvgIpc) is 2.89. The van der Waals surface area contributed by atoms with E-state index in [0.29, 0.717) is 0 Å². The van der Waals surface area contributed by atoms with Crippen LogP contribution in [0.4, 0.5) is 11.4 Å². The van der Waals surface area contributed by atoms with Crippen LogP contribution in [0.5, 0.6) is 5.75 Å². The zero-order valence-electron chi connectivity index (χ0n) is 20.5. The van der Waals surface area contributed by atoms with E-state index in [9.17, 15) is 0 Å². The largest absolute Gasteiger partial charge is 0.497 e. The number of anilines is 2. The first-order valence-electron chi connectivity index (χ1n) is 12.9. The topological polar surface area (TPSA) is 22.2 Å². The van der Waals surface area contributed by atoms with Crippen molar-refractivity contribution in [3.05, 3.63) is 54.1 Å². The number of nitrogens with zero attached hydrogens (tertiary/aromatic N) is 4. The van der Waals surface area contributed by atoms with Gasteiger partial charge in [-0.15, -0.1) is 0 Å². The minimum atomic E-state index is 0.731. The van der Waals surface area contributed by atoms with E-state index in [-0.39, 0.29) is 0 Å². The van der Waals surface area contributed by atoms with Gasteiger partial charge in [0.05, 0.1) is 7.11 Å². The van der Waals surface area contributed by atoms with E-state index in [4.69, 9.17) is 4.74 Å². The molecule has 0 bridgehead atoms. The van der Waals surface area contributed by atoms with E-state index in [1.54, 1.807) is 7.11 Å². The number of hydrogen-bond acceptors (Lipinski definition) is 5. The Morgan fingerprint density at radius 2 is 1.52 bits per heavy atom. The van der Waals surface area contributed by atoms with Gasteiger partial charge in [0.2, 0.25) is 0 Å². The molecule has 1 atom stereocenters. The zero-order chi connectivity index (χ0) is 22.6. The smallest absolute Gasteiger partial charge is 0.120 e. The number of rotatable bonds is 5. The van der Waals surface area contributed by atoms with E-state index >= 15 is 0 Å². The van der Waals surface area contributed by atoms with Gasteiger partial charge in [0, 0.05) is 75.3 Å². The molecule has 5 nitrogen and oxygen atoms in total. The highest BCUT2D eigenvalue weighted by atomic mass is 16.5. The van der Waals surface area contributed by atoms with E-state index in [2.05, 4.69) is 69.0 Å². The van der Waals surface area contributed by atoms with Gasteiger partial charge in [-0.2, -0.15) is 0 Å². The van der Waals surface area contributed by atoms with Crippen LogP contribution in [0.1, 0.15) is 31.2 Å². The lowest BCUT2D eigenvalue weighted by Gasteiger charge is -2.47. The van der Waals surface area contributed by atoms with Gasteiger partial charge in [-0.1, -0.05) is 24.3 Å². The molecule has 0 saturated carbocycles. The fourth-order valence-electron chi connectivity index (χ4n) is 6.16. The van der Waals surface area contributed by atoms with Gasteiger partial charge in [0.1, 0.15) is 5.75 Å². The summed E-state index contributed by atoms with van der Waals surface area (Å²) in [7, 11) is 1.75. The Morgan fingerprint density at radius 1 is 0.727 bits per heavy atom. The number of benzene rings is 2. The summed E-state index contributed by atoms with van der Waals surface area (Å²) >= 11 is 0. The molecule has 0 amide bonds. The molecule has 178 valence electrons. The van der Waals surface area contributed by atoms with Gasteiger partial charge in [-0.25, -0.2) is 0 Å². The van der Waals surface area contributed by atoms with Crippen LogP contribution in [0.15, 0.2) is 48.5 Å². The summed E-state index contributed by atoms with van der Waals surface area (Å²) in [6.07, 6.45) is 5.25. The third kappa shape index (κ3) is 5.15. The molecule has 33 heavy (non-hydrogen) atoms. The highest BCUT2D eigenvalue weighted by Gasteiger charge is 2.32. The number of para-hydroxylation sites is 1. The second-order valence-corrected chi connectivity index (χ2v) is 10.0. The molecular formula is C28H40N4O. The molecule has 0 unspecified atom stereocenters. The molecule has 0 N–H and O–H groups in total. The number of aryl methyl sites for hydroxylation is 1. The quantitative estimate of drug-likeness (QED) is 0.680. The van der Waals surface area contributed by atoms with E-state index in [0.717, 1.165) is 44.0 Å². The molecule has 0 aromatic heterocycles. The predicted molar refractivity (Wildman–Crippen MR) is 138 cm³/mol. The Morgan fingerprint density at radius 3 is 2.27 bits per heavy atom. The summed E-state index contributed by atoms with van der Waals surface area (Å²) in [5, 5.41) is 0. The van der Waals surface area contributed by atoms with E-state index in [1.807, 2.05) is 6.07 Å². The maximum Gasteiger partial charge on any atom is 0.120 e. The van der Waals surface area contributed by atoms with Crippen LogP contribution in [-0.2, 0) is 0 Å². The first kappa shape index (κ1) is 22.5. The number of piperazine rings is 1. The van der Waals surface area contributed by atoms with Crippen molar-refractivity contribution in [1.82, 2.24) is 9.80 Å². The van der Waals surface area contributed by atoms with Crippen LogP contribution in [0.25, 0.3) is 0 Å². The van der Waals surface area contributed by atoms with Gasteiger partial charge in [-0.05, 0) is 62.9 Å². The number of piperidine rings is 2. The van der Waals surface area contributed by atoms with Crippen molar-refractivity contribution in [3.8, 4) is 5.75 Å². The van der Waals surface area contributed by atoms with E-state index < -0.39 is 0 Å². The van der Waals surface area contributed by atoms with E-state index in [1.165, 1.54) is 68.8 Å². The van der Waals surface area contributed by atoms with Crippen LogP contribution < -0.4 is 14.5 Å². The molecule has 0 radical (unpaired) electrons. The third-order valence-electron chi connectivity index (χ3n) is 8.11. The summed E-state index contributed by atoms with van der Waals surface area (Å²) in [4.78, 5) is 10.7. The standard InChI is InChI=1S/C28H40N4O/c1-23-7-3-4-11-28(23)31-19-17-30(18-20-31)26-9-6-14-32(22-26)24-12-15-29(16-13-24)25-8-5-10-27(21-25)33-2/h3-5,7-8,10-11,21,24,26H,6,9,12-20,22H2,1-2H3/t26-/m0/s1. The van der Waals surface area contributed by atoms with Crippen molar-refractivity contribution in [3.63, 3.8) is 0 Å². The van der Waals surface area contributed by atoms with Crippen LogP contribution in [0, 0.1) is 6.92 Å². The number of hydrogen-bond donors (Lipinski definition) is 0. The zero-order valence-corrected chi connectivity index (χ0v) is 20.5. The maximum atomic E-state index is 5.43. The second kappa shape index (κ2) is 10.4. The first-order chi connectivity index (χ1) is 16.2. The normalized spacial score (nSPS) is 23.6. The minimum Gasteiger partial charge on any atom is -0.497 e. The van der Waals surface area contributed by atoms with Crippen LogP contribution in [0.2, 0.25) is 0 Å². The van der Waals surface area contributed by atoms with Crippen molar-refractivity contribution in [2.45, 2.75) is 44.7 Å². The Labute approximate surface area is 199 Å².